The Morgan fingerprint density at radius 1 is 1.05 bits per heavy atom. The first-order chi connectivity index (χ1) is 19.7. The summed E-state index contributed by atoms with van der Waals surface area (Å²) >= 11 is 0. The zero-order valence-electron chi connectivity index (χ0n) is 26.2. The monoisotopic (exact) mass is 576 g/mol. The molecule has 0 bridgehead atoms. The second kappa shape index (κ2) is 11.0. The quantitative estimate of drug-likeness (QED) is 0.297. The van der Waals surface area contributed by atoms with E-state index in [0.29, 0.717) is 12.1 Å². The summed E-state index contributed by atoms with van der Waals surface area (Å²) in [6, 6.07) is 11.8. The Labute approximate surface area is 248 Å². The van der Waals surface area contributed by atoms with E-state index in [1.54, 1.807) is 17.9 Å². The molecular formula is C34H44N2O6. The number of ether oxygens (including phenoxy) is 4. The van der Waals surface area contributed by atoms with Gasteiger partial charge in [-0.25, -0.2) is 9.59 Å². The molecule has 2 atom stereocenters. The molecule has 3 aromatic rings. The van der Waals surface area contributed by atoms with Crippen LogP contribution in [0.3, 0.4) is 0 Å². The van der Waals surface area contributed by atoms with E-state index in [-0.39, 0.29) is 23.2 Å². The molecule has 2 aliphatic heterocycles. The molecule has 0 amide bonds. The van der Waals surface area contributed by atoms with Crippen molar-refractivity contribution >= 4 is 23.0 Å². The van der Waals surface area contributed by atoms with Gasteiger partial charge in [0.25, 0.3) is 0 Å². The van der Waals surface area contributed by atoms with Crippen molar-refractivity contribution in [3.8, 4) is 5.75 Å². The molecule has 1 aromatic heterocycles. The van der Waals surface area contributed by atoms with Gasteiger partial charge in [-0.1, -0.05) is 12.1 Å². The highest BCUT2D eigenvalue weighted by molar-refractivity contribution is 5.95. The first kappa shape index (κ1) is 30.1. The number of aromatic nitrogens is 1. The average Bonchev–Trinajstić information content (AvgIpc) is 3.51. The number of benzene rings is 2. The maximum atomic E-state index is 13.1. The molecule has 2 fully saturated rings. The lowest BCUT2D eigenvalue weighted by atomic mass is 9.81. The fourth-order valence-electron chi connectivity index (χ4n) is 6.68. The third-order valence-electron chi connectivity index (χ3n) is 8.65. The predicted molar refractivity (Wildman–Crippen MR) is 162 cm³/mol. The maximum absolute atomic E-state index is 13.1. The summed E-state index contributed by atoms with van der Waals surface area (Å²) in [5.74, 6) is 0.445. The van der Waals surface area contributed by atoms with Crippen molar-refractivity contribution in [1.29, 1.82) is 0 Å². The summed E-state index contributed by atoms with van der Waals surface area (Å²) in [6.45, 7) is 13.4. The molecule has 42 heavy (non-hydrogen) atoms. The Balaban J connectivity index is 1.54. The van der Waals surface area contributed by atoms with Crippen LogP contribution >= 0.6 is 0 Å². The Hall–Kier alpha value is -3.36. The highest BCUT2D eigenvalue weighted by Crippen LogP contribution is 2.49. The van der Waals surface area contributed by atoms with Crippen LogP contribution in [-0.4, -0.2) is 59.1 Å². The SMILES string of the molecule is COC(=O)c1ccc(C2CC3(CCN2Cc2c(OC)cc(C)c4c2ccn4C(=O)OC(C)(C)C)CCC(C)(C)O3)cc1. The Morgan fingerprint density at radius 2 is 1.76 bits per heavy atom. The molecule has 0 saturated carbocycles. The molecule has 2 saturated heterocycles. The lowest BCUT2D eigenvalue weighted by molar-refractivity contribution is -0.126. The second-order valence-corrected chi connectivity index (χ2v) is 13.4. The molecule has 5 rings (SSSR count). The second-order valence-electron chi connectivity index (χ2n) is 13.4. The van der Waals surface area contributed by atoms with Gasteiger partial charge in [-0.15, -0.1) is 0 Å². The molecule has 2 aliphatic rings. The number of methoxy groups -OCH3 is 2. The lowest BCUT2D eigenvalue weighted by Crippen LogP contribution is -2.46. The van der Waals surface area contributed by atoms with Crippen LogP contribution in [-0.2, 0) is 20.8 Å². The molecule has 0 N–H and O–H groups in total. The van der Waals surface area contributed by atoms with Gasteiger partial charge in [0.05, 0.1) is 36.5 Å². The van der Waals surface area contributed by atoms with E-state index in [2.05, 4.69) is 18.7 Å². The van der Waals surface area contributed by atoms with Gasteiger partial charge in [-0.05, 0) is 103 Å². The maximum Gasteiger partial charge on any atom is 0.419 e. The summed E-state index contributed by atoms with van der Waals surface area (Å²) in [4.78, 5) is 27.7. The van der Waals surface area contributed by atoms with E-state index < -0.39 is 11.7 Å². The van der Waals surface area contributed by atoms with Crippen LogP contribution in [0.15, 0.2) is 42.6 Å². The number of carbonyl (C=O) groups is 2. The van der Waals surface area contributed by atoms with Gasteiger partial charge in [0.2, 0.25) is 0 Å². The third kappa shape index (κ3) is 5.92. The zero-order chi connectivity index (χ0) is 30.4. The number of nitrogens with zero attached hydrogens (tertiary/aromatic N) is 2. The van der Waals surface area contributed by atoms with Crippen LogP contribution < -0.4 is 4.74 Å². The Kier molecular flexibility index (Phi) is 7.92. The minimum absolute atomic E-state index is 0.0633. The van der Waals surface area contributed by atoms with Crippen molar-refractivity contribution in [3.05, 3.63) is 64.8 Å². The number of hydrogen-bond acceptors (Lipinski definition) is 7. The fourth-order valence-corrected chi connectivity index (χ4v) is 6.68. The Morgan fingerprint density at radius 3 is 2.36 bits per heavy atom. The first-order valence-electron chi connectivity index (χ1n) is 14.8. The number of piperidine rings is 1. The summed E-state index contributed by atoms with van der Waals surface area (Å²) < 4.78 is 24.9. The van der Waals surface area contributed by atoms with Crippen molar-refractivity contribution in [2.24, 2.45) is 0 Å². The van der Waals surface area contributed by atoms with Crippen LogP contribution in [0, 0.1) is 6.92 Å². The lowest BCUT2D eigenvalue weighted by Gasteiger charge is -2.46. The number of likely N-dealkylation sites (tertiary alicyclic amines) is 1. The smallest absolute Gasteiger partial charge is 0.419 e. The minimum atomic E-state index is -0.603. The predicted octanol–water partition coefficient (Wildman–Crippen LogP) is 7.19. The third-order valence-corrected chi connectivity index (χ3v) is 8.65. The van der Waals surface area contributed by atoms with E-state index in [9.17, 15) is 9.59 Å². The minimum Gasteiger partial charge on any atom is -0.496 e. The highest BCUT2D eigenvalue weighted by Gasteiger charge is 2.49. The van der Waals surface area contributed by atoms with Gasteiger partial charge >= 0.3 is 12.1 Å². The largest absolute Gasteiger partial charge is 0.496 e. The summed E-state index contributed by atoms with van der Waals surface area (Å²) in [5, 5.41) is 0.969. The summed E-state index contributed by atoms with van der Waals surface area (Å²) in [7, 11) is 3.09. The molecule has 226 valence electrons. The van der Waals surface area contributed by atoms with E-state index >= 15 is 0 Å². The van der Waals surface area contributed by atoms with Gasteiger partial charge in [-0.3, -0.25) is 9.47 Å². The molecule has 3 heterocycles. The summed E-state index contributed by atoms with van der Waals surface area (Å²) in [5.41, 5.74) is 3.53. The van der Waals surface area contributed by atoms with Crippen LogP contribution in [0.4, 0.5) is 4.79 Å². The number of esters is 1. The van der Waals surface area contributed by atoms with E-state index in [4.69, 9.17) is 18.9 Å². The fraction of sp³-hybridized carbons (Fsp3) is 0.529. The van der Waals surface area contributed by atoms with Crippen LogP contribution in [0.1, 0.15) is 93.4 Å². The van der Waals surface area contributed by atoms with Crippen LogP contribution in [0.25, 0.3) is 10.9 Å². The molecule has 0 aliphatic carbocycles. The van der Waals surface area contributed by atoms with Gasteiger partial charge in [0.1, 0.15) is 11.4 Å². The zero-order valence-corrected chi connectivity index (χ0v) is 26.2. The van der Waals surface area contributed by atoms with Gasteiger partial charge in [0, 0.05) is 36.3 Å². The van der Waals surface area contributed by atoms with Crippen LogP contribution in [0.5, 0.6) is 5.75 Å². The van der Waals surface area contributed by atoms with Crippen molar-refractivity contribution in [1.82, 2.24) is 9.47 Å². The number of aryl methyl sites for hydroxylation is 1. The van der Waals surface area contributed by atoms with E-state index in [1.807, 2.05) is 64.1 Å². The normalized spacial score (nSPS) is 22.4. The topological polar surface area (TPSA) is 79.2 Å². The Bertz CT molecular complexity index is 1480. The molecule has 1 spiro atoms. The van der Waals surface area contributed by atoms with Crippen molar-refractivity contribution in [2.45, 2.75) is 96.6 Å². The van der Waals surface area contributed by atoms with Crippen molar-refractivity contribution in [3.63, 3.8) is 0 Å². The molecular weight excluding hydrogens is 532 g/mol. The van der Waals surface area contributed by atoms with Gasteiger partial charge in [0.15, 0.2) is 0 Å². The van der Waals surface area contributed by atoms with Crippen molar-refractivity contribution < 1.29 is 28.5 Å². The molecule has 0 radical (unpaired) electrons. The van der Waals surface area contributed by atoms with Gasteiger partial charge in [-0.2, -0.15) is 0 Å². The average molecular weight is 577 g/mol. The molecule has 2 unspecified atom stereocenters. The number of carbonyl (C=O) groups excluding carboxylic acids is 2. The van der Waals surface area contributed by atoms with Crippen LogP contribution in [0.2, 0.25) is 0 Å². The molecule has 8 heteroatoms. The standard InChI is InChI=1S/C34H44N2O6/c1-22-19-28(39-7)26(25-13-17-36(29(22)25)31(38)41-32(2,3)4)21-35-18-16-34(15-14-33(5,6)42-34)20-27(35)23-9-11-24(12-10-23)30(37)40-8/h9-13,17,19,27H,14-16,18,20-21H2,1-8H3. The molecule has 2 aromatic carbocycles. The van der Waals surface area contributed by atoms with E-state index in [1.165, 1.54) is 7.11 Å². The number of rotatable bonds is 5. The van der Waals surface area contributed by atoms with Crippen molar-refractivity contribution in [2.75, 3.05) is 20.8 Å². The number of fused-ring (bicyclic) bond motifs is 1. The van der Waals surface area contributed by atoms with Gasteiger partial charge < -0.3 is 18.9 Å². The number of hydrogen-bond donors (Lipinski definition) is 0. The van der Waals surface area contributed by atoms with E-state index in [0.717, 1.165) is 65.6 Å². The molecule has 8 nitrogen and oxygen atoms in total. The first-order valence-corrected chi connectivity index (χ1v) is 14.8. The summed E-state index contributed by atoms with van der Waals surface area (Å²) in [6.07, 6.45) is 5.24. The highest BCUT2D eigenvalue weighted by atomic mass is 16.6.